The smallest absolute Gasteiger partial charge is 0.410 e. The maximum atomic E-state index is 13.3. The molecule has 228 valence electrons. The number of ether oxygens (including phenoxy) is 3. The summed E-state index contributed by atoms with van der Waals surface area (Å²) in [6, 6.07) is -1.07. The molecule has 3 aliphatic rings. The van der Waals surface area contributed by atoms with Gasteiger partial charge in [-0.3, -0.25) is 19.3 Å². The number of amides is 3. The predicted octanol–water partition coefficient (Wildman–Crippen LogP) is 1.27. The monoisotopic (exact) mass is 624 g/mol. The number of carbonyl (C=O) groups excluding carboxylic acids is 5. The minimum atomic E-state index is -1.07. The van der Waals surface area contributed by atoms with Crippen molar-refractivity contribution >= 4 is 63.8 Å². The van der Waals surface area contributed by atoms with Crippen molar-refractivity contribution in [1.29, 1.82) is 0 Å². The average Bonchev–Trinajstić information content (AvgIpc) is 3.39. The Kier molecular flexibility index (Phi) is 9.60. The highest BCUT2D eigenvalue weighted by Crippen LogP contribution is 2.41. The summed E-state index contributed by atoms with van der Waals surface area (Å²) in [4.78, 5) is 70.6. The molecule has 4 rings (SSSR count). The number of hydrogen-bond acceptors (Lipinski definition) is 14. The van der Waals surface area contributed by atoms with Crippen LogP contribution in [0, 0.1) is 5.41 Å². The van der Waals surface area contributed by atoms with Crippen LogP contribution in [0.2, 0.25) is 0 Å². The van der Waals surface area contributed by atoms with Crippen molar-refractivity contribution in [2.45, 2.75) is 51.4 Å². The molecular weight excluding hydrogens is 592 g/mol. The molecule has 3 aliphatic heterocycles. The van der Waals surface area contributed by atoms with Crippen LogP contribution < -0.4 is 11.1 Å². The summed E-state index contributed by atoms with van der Waals surface area (Å²) in [6.07, 6.45) is 2.24. The lowest BCUT2D eigenvalue weighted by Gasteiger charge is -2.49. The second kappa shape index (κ2) is 13.0. The van der Waals surface area contributed by atoms with E-state index in [1.54, 1.807) is 25.7 Å². The fourth-order valence-electron chi connectivity index (χ4n) is 4.34. The van der Waals surface area contributed by atoms with Crippen molar-refractivity contribution in [3.63, 3.8) is 0 Å². The first kappa shape index (κ1) is 31.1. The van der Waals surface area contributed by atoms with Gasteiger partial charge in [0.2, 0.25) is 6.79 Å². The molecule has 3 amide bonds. The molecule has 15 nitrogen and oxygen atoms in total. The van der Waals surface area contributed by atoms with Gasteiger partial charge in [0.1, 0.15) is 29.4 Å². The van der Waals surface area contributed by atoms with Gasteiger partial charge < -0.3 is 35.4 Å². The van der Waals surface area contributed by atoms with Crippen LogP contribution in [-0.4, -0.2) is 99.2 Å². The number of nitrogens with one attached hydrogen (secondary N) is 1. The summed E-state index contributed by atoms with van der Waals surface area (Å²) in [6.45, 7) is 5.10. The first-order valence-electron chi connectivity index (χ1n) is 13.1. The zero-order valence-electron chi connectivity index (χ0n) is 23.3. The zero-order valence-corrected chi connectivity index (χ0v) is 24.9. The van der Waals surface area contributed by atoms with Gasteiger partial charge in [-0.2, -0.15) is 0 Å². The van der Waals surface area contributed by atoms with Crippen LogP contribution in [0.4, 0.5) is 9.93 Å². The molecule has 4 N–H and O–H groups in total. The molecule has 1 aromatic rings. The maximum absolute atomic E-state index is 13.3. The summed E-state index contributed by atoms with van der Waals surface area (Å²) in [5, 5.41) is 15.8. The van der Waals surface area contributed by atoms with Crippen molar-refractivity contribution in [1.82, 2.24) is 20.1 Å². The Morgan fingerprint density at radius 3 is 2.50 bits per heavy atom. The van der Waals surface area contributed by atoms with E-state index in [1.165, 1.54) is 17.1 Å². The maximum Gasteiger partial charge on any atom is 0.410 e. The number of β-lactam (4-membered cyclic amide) rings is 1. The molecule has 0 radical (unpaired) electrons. The van der Waals surface area contributed by atoms with Crippen molar-refractivity contribution in [3.8, 4) is 0 Å². The third kappa shape index (κ3) is 6.78. The number of likely N-dealkylation sites (tertiary alicyclic amines) is 1. The number of thioether (sulfide) groups is 1. The molecule has 42 heavy (non-hydrogen) atoms. The number of fused-ring (bicyclic) bond motifs is 1. The fraction of sp³-hybridized carbons (Fsp3) is 0.560. The number of rotatable bonds is 8. The molecule has 0 aromatic carbocycles. The van der Waals surface area contributed by atoms with Gasteiger partial charge in [0.25, 0.3) is 11.8 Å². The molecule has 2 atom stereocenters. The van der Waals surface area contributed by atoms with Gasteiger partial charge in [0, 0.05) is 29.8 Å². The van der Waals surface area contributed by atoms with E-state index in [1.807, 2.05) is 0 Å². The number of nitrogens with two attached hydrogens (primary N) is 1. The second-order valence-electron chi connectivity index (χ2n) is 10.7. The number of carbonyl (C=O) groups is 5. The Labute approximate surface area is 249 Å². The van der Waals surface area contributed by atoms with Crippen LogP contribution in [0.1, 0.15) is 45.7 Å². The highest BCUT2D eigenvalue weighted by molar-refractivity contribution is 8.00. The van der Waals surface area contributed by atoms with Gasteiger partial charge in [-0.15, -0.1) is 23.1 Å². The lowest BCUT2D eigenvalue weighted by atomic mass is 9.98. The van der Waals surface area contributed by atoms with Gasteiger partial charge in [-0.25, -0.2) is 14.6 Å². The number of piperidine rings is 1. The average molecular weight is 625 g/mol. The van der Waals surface area contributed by atoms with E-state index in [2.05, 4.69) is 15.5 Å². The Bertz CT molecular complexity index is 1320. The van der Waals surface area contributed by atoms with Crippen molar-refractivity contribution in [3.05, 3.63) is 22.3 Å². The number of thiazole rings is 1. The number of esters is 2. The topological polar surface area (TPSA) is 203 Å². The number of anilines is 1. The molecule has 0 aliphatic carbocycles. The Morgan fingerprint density at radius 2 is 1.88 bits per heavy atom. The van der Waals surface area contributed by atoms with Crippen LogP contribution in [0.3, 0.4) is 0 Å². The van der Waals surface area contributed by atoms with Gasteiger partial charge >= 0.3 is 18.0 Å². The van der Waals surface area contributed by atoms with E-state index in [4.69, 9.17) is 19.9 Å². The van der Waals surface area contributed by atoms with Crippen molar-refractivity contribution in [2.24, 2.45) is 10.6 Å². The highest BCUT2D eigenvalue weighted by atomic mass is 32.2. The molecule has 4 heterocycles. The number of hydrogen-bond donors (Lipinski definition) is 3. The van der Waals surface area contributed by atoms with Crippen LogP contribution >= 0.6 is 23.1 Å². The number of oxime groups is 1. The van der Waals surface area contributed by atoms with Gasteiger partial charge in [0.15, 0.2) is 10.8 Å². The minimum Gasteiger partial charge on any atom is -0.445 e. The van der Waals surface area contributed by atoms with E-state index in [-0.39, 0.29) is 28.9 Å². The van der Waals surface area contributed by atoms with E-state index >= 15 is 0 Å². The molecule has 0 spiro atoms. The summed E-state index contributed by atoms with van der Waals surface area (Å²) in [5.41, 5.74) is 4.53. The van der Waals surface area contributed by atoms with Gasteiger partial charge in [-0.1, -0.05) is 5.16 Å². The lowest BCUT2D eigenvalue weighted by Crippen LogP contribution is -2.71. The first-order chi connectivity index (χ1) is 19.9. The minimum absolute atomic E-state index is 0.0317. The first-order valence-corrected chi connectivity index (χ1v) is 15.0. The van der Waals surface area contributed by atoms with E-state index in [0.717, 1.165) is 35.5 Å². The third-order valence-corrected chi connectivity index (χ3v) is 8.60. The summed E-state index contributed by atoms with van der Waals surface area (Å²) in [7, 11) is 0. The largest absolute Gasteiger partial charge is 0.445 e. The molecule has 2 fully saturated rings. The standard InChI is InChI=1S/C25H32N6O9S2/c1-25(2,3)22(35)40-12-39-21(34)17-13(9-38-24(36)30-7-5-4-6-8-30)10-41-20-16(19(33)31(17)20)28-18(32)15(29-37)14-11-42-23(26)27-14/h11,16,20,37H,4-10,12H2,1-3H3,(H2,26,27)(H,28,32)/b29-15-/t16?,20-/m1/s1. The number of nitrogen functional groups attached to an aromatic ring is 1. The molecule has 1 unspecified atom stereocenters. The third-order valence-electron chi connectivity index (χ3n) is 6.58. The van der Waals surface area contributed by atoms with Crippen molar-refractivity contribution in [2.75, 3.05) is 38.0 Å². The molecule has 0 saturated carbocycles. The van der Waals surface area contributed by atoms with E-state index in [9.17, 15) is 29.2 Å². The fourth-order valence-corrected chi connectivity index (χ4v) is 6.21. The van der Waals surface area contributed by atoms with Crippen LogP contribution in [0.5, 0.6) is 0 Å². The van der Waals surface area contributed by atoms with Crippen molar-refractivity contribution < 1.29 is 43.4 Å². The Morgan fingerprint density at radius 1 is 1.17 bits per heavy atom. The highest BCUT2D eigenvalue weighted by Gasteiger charge is 2.55. The molecular formula is C25H32N6O9S2. The number of nitrogens with zero attached hydrogens (tertiary/aromatic N) is 4. The van der Waals surface area contributed by atoms with E-state index in [0.29, 0.717) is 18.7 Å². The summed E-state index contributed by atoms with van der Waals surface area (Å²) in [5.74, 6) is -2.90. The second-order valence-corrected chi connectivity index (χ2v) is 12.7. The molecule has 2 saturated heterocycles. The zero-order chi connectivity index (χ0) is 30.6. The summed E-state index contributed by atoms with van der Waals surface area (Å²) < 4.78 is 15.7. The summed E-state index contributed by atoms with van der Waals surface area (Å²) >= 11 is 2.27. The van der Waals surface area contributed by atoms with Crippen LogP contribution in [0.15, 0.2) is 21.8 Å². The normalized spacial score (nSPS) is 20.8. The number of aromatic nitrogens is 1. The predicted molar refractivity (Wildman–Crippen MR) is 150 cm³/mol. The molecule has 0 bridgehead atoms. The quantitative estimate of drug-likeness (QED) is 0.0935. The lowest BCUT2D eigenvalue weighted by molar-refractivity contribution is -0.173. The van der Waals surface area contributed by atoms with Crippen LogP contribution in [-0.2, 0) is 33.4 Å². The van der Waals surface area contributed by atoms with Gasteiger partial charge in [-0.05, 0) is 40.0 Å². The Hall–Kier alpha value is -3.86. The molecule has 17 heteroatoms. The van der Waals surface area contributed by atoms with Gasteiger partial charge in [0.05, 0.1) is 5.41 Å². The Balaban J connectivity index is 1.49. The SMILES string of the molecule is CC(C)(C)C(=O)OCOC(=O)C1=C(COC(=O)N2CCCCC2)CS[C@@H]2C(NC(=O)/C(=N\O)c3csc(N)n3)C(=O)N12. The molecule has 1 aromatic heterocycles. The van der Waals surface area contributed by atoms with Crippen LogP contribution in [0.25, 0.3) is 0 Å². The van der Waals surface area contributed by atoms with E-state index < -0.39 is 59.2 Å².